The Morgan fingerprint density at radius 2 is 1.82 bits per heavy atom. The Bertz CT molecular complexity index is 204. The van der Waals surface area contributed by atoms with E-state index < -0.39 is 0 Å². The molecule has 1 aliphatic carbocycles. The quantitative estimate of drug-likeness (QED) is 0.389. The van der Waals surface area contributed by atoms with Crippen LogP contribution < -0.4 is 29.6 Å². The number of likely N-dealkylation sites (tertiary alicyclic amines) is 1. The molecule has 0 bridgehead atoms. The summed E-state index contributed by atoms with van der Waals surface area (Å²) in [6.45, 7) is 11.2. The molecule has 0 aromatic heterocycles. The molecule has 2 unspecified atom stereocenters. The molecule has 0 aromatic carbocycles. The van der Waals surface area contributed by atoms with E-state index >= 15 is 0 Å². The van der Waals surface area contributed by atoms with E-state index in [0.29, 0.717) is 11.8 Å². The second-order valence-corrected chi connectivity index (χ2v) is 4.82. The van der Waals surface area contributed by atoms with Gasteiger partial charge in [-0.2, -0.15) is 12.8 Å². The van der Waals surface area contributed by atoms with Crippen molar-refractivity contribution in [1.29, 1.82) is 0 Å². The zero-order valence-corrected chi connectivity index (χ0v) is 13.5. The van der Waals surface area contributed by atoms with Crippen molar-refractivity contribution >= 4 is 6.29 Å². The van der Waals surface area contributed by atoms with E-state index in [1.54, 1.807) is 6.92 Å². The van der Waals surface area contributed by atoms with Gasteiger partial charge in [0.1, 0.15) is 6.29 Å². The second kappa shape index (κ2) is 9.55. The summed E-state index contributed by atoms with van der Waals surface area (Å²) in [6.07, 6.45) is 7.47. The molecule has 0 amide bonds. The van der Waals surface area contributed by atoms with Gasteiger partial charge in [-0.15, -0.1) is 0 Å². The Morgan fingerprint density at radius 1 is 1.24 bits per heavy atom. The standard InChI is InChI=1S/C12H20NO.C2H5.Na/c1-10-6-7-13(8-10)12(9-14)11-4-2-3-5-11;1-2;/h9-12H,1-8H2;1H2,2H3;/q2*-1;+1. The monoisotopic (exact) mass is 246 g/mol. The molecule has 2 fully saturated rings. The van der Waals surface area contributed by atoms with Crippen LogP contribution in [0.3, 0.4) is 0 Å². The SMILES string of the molecule is [CH2-]C.[CH2-]C1CCN(C(C=O)C2CCCC2)C1.[Na+]. The van der Waals surface area contributed by atoms with Crippen molar-refractivity contribution in [2.75, 3.05) is 13.1 Å². The molecule has 2 rings (SSSR count). The minimum atomic E-state index is 0. The van der Waals surface area contributed by atoms with Gasteiger partial charge in [0.25, 0.3) is 0 Å². The molecule has 2 atom stereocenters. The van der Waals surface area contributed by atoms with Crippen molar-refractivity contribution in [3.63, 3.8) is 0 Å². The molecule has 1 saturated heterocycles. The molecule has 2 aliphatic rings. The topological polar surface area (TPSA) is 20.3 Å². The summed E-state index contributed by atoms with van der Waals surface area (Å²) >= 11 is 0. The molecule has 1 aliphatic heterocycles. The van der Waals surface area contributed by atoms with E-state index in [1.165, 1.54) is 32.0 Å². The van der Waals surface area contributed by atoms with Gasteiger partial charge in [-0.25, -0.2) is 0 Å². The number of hydrogen-bond donors (Lipinski definition) is 0. The summed E-state index contributed by atoms with van der Waals surface area (Å²) in [4.78, 5) is 13.5. The minimum absolute atomic E-state index is 0. The fraction of sp³-hybridized carbons (Fsp3) is 0.786. The van der Waals surface area contributed by atoms with E-state index in [9.17, 15) is 4.79 Å². The number of hydrogen-bond acceptors (Lipinski definition) is 2. The molecule has 1 heterocycles. The van der Waals surface area contributed by atoms with Gasteiger partial charge in [0.05, 0.1) is 6.04 Å². The Balaban J connectivity index is 0.000000811. The maximum atomic E-state index is 11.1. The molecule has 0 aromatic rings. The molecule has 3 heteroatoms. The zero-order chi connectivity index (χ0) is 12.0. The zero-order valence-electron chi connectivity index (χ0n) is 11.5. The molecular formula is C14H25NNaO-. The van der Waals surface area contributed by atoms with Crippen LogP contribution >= 0.6 is 0 Å². The average molecular weight is 246 g/mol. The molecule has 2 nitrogen and oxygen atoms in total. The van der Waals surface area contributed by atoms with Crippen LogP contribution in [0.25, 0.3) is 0 Å². The first-order chi connectivity index (χ1) is 7.81. The summed E-state index contributed by atoms with van der Waals surface area (Å²) < 4.78 is 0. The van der Waals surface area contributed by atoms with Gasteiger partial charge in [-0.3, -0.25) is 4.90 Å². The van der Waals surface area contributed by atoms with Crippen molar-refractivity contribution in [2.45, 2.75) is 45.1 Å². The number of nitrogens with zero attached hydrogens (tertiary/aromatic N) is 1. The maximum Gasteiger partial charge on any atom is 1.00 e. The van der Waals surface area contributed by atoms with Crippen LogP contribution in [-0.4, -0.2) is 30.3 Å². The van der Waals surface area contributed by atoms with Crippen molar-refractivity contribution in [3.8, 4) is 0 Å². The van der Waals surface area contributed by atoms with Crippen LogP contribution in [0, 0.1) is 25.7 Å². The predicted molar refractivity (Wildman–Crippen MR) is 67.9 cm³/mol. The van der Waals surface area contributed by atoms with Crippen LogP contribution in [0.5, 0.6) is 0 Å². The average Bonchev–Trinajstić information content (AvgIpc) is 2.95. The van der Waals surface area contributed by atoms with Gasteiger partial charge >= 0.3 is 29.6 Å². The molecule has 0 radical (unpaired) electrons. The second-order valence-electron chi connectivity index (χ2n) is 4.82. The Kier molecular flexibility index (Phi) is 9.90. The van der Waals surface area contributed by atoms with Crippen LogP contribution in [0.4, 0.5) is 0 Å². The van der Waals surface area contributed by atoms with Gasteiger partial charge in [0.2, 0.25) is 0 Å². The van der Waals surface area contributed by atoms with Gasteiger partial charge in [-0.1, -0.05) is 19.3 Å². The van der Waals surface area contributed by atoms with E-state index in [-0.39, 0.29) is 35.6 Å². The first-order valence-electron chi connectivity index (χ1n) is 6.54. The molecule has 1 saturated carbocycles. The van der Waals surface area contributed by atoms with Gasteiger partial charge in [-0.05, 0) is 31.8 Å². The van der Waals surface area contributed by atoms with E-state index in [4.69, 9.17) is 0 Å². The maximum absolute atomic E-state index is 11.1. The van der Waals surface area contributed by atoms with Gasteiger partial charge in [0.15, 0.2) is 0 Å². The van der Waals surface area contributed by atoms with Crippen LogP contribution in [0.15, 0.2) is 0 Å². The van der Waals surface area contributed by atoms with Crippen molar-refractivity contribution in [1.82, 2.24) is 4.90 Å². The number of carbonyl (C=O) groups excluding carboxylic acids is 1. The first kappa shape index (κ1) is 17.6. The summed E-state index contributed by atoms with van der Waals surface area (Å²) in [6, 6.07) is 0.198. The molecule has 0 N–H and O–H groups in total. The fourth-order valence-corrected chi connectivity index (χ4v) is 2.93. The van der Waals surface area contributed by atoms with Crippen LogP contribution in [-0.2, 0) is 4.79 Å². The number of carbonyl (C=O) groups is 1. The Labute approximate surface area is 129 Å². The number of rotatable bonds is 3. The third kappa shape index (κ3) is 5.02. The molecule has 0 spiro atoms. The normalized spacial score (nSPS) is 26.9. The predicted octanol–water partition coefficient (Wildman–Crippen LogP) is -0.256. The van der Waals surface area contributed by atoms with E-state index in [1.807, 2.05) is 0 Å². The molecule has 94 valence electrons. The molecular weight excluding hydrogens is 221 g/mol. The fourth-order valence-electron chi connectivity index (χ4n) is 2.93. The Morgan fingerprint density at radius 3 is 2.24 bits per heavy atom. The molecule has 17 heavy (non-hydrogen) atoms. The van der Waals surface area contributed by atoms with Crippen LogP contribution in [0.1, 0.15) is 39.0 Å². The van der Waals surface area contributed by atoms with Crippen molar-refractivity contribution < 1.29 is 34.4 Å². The summed E-state index contributed by atoms with van der Waals surface area (Å²) in [5.41, 5.74) is 0. The van der Waals surface area contributed by atoms with E-state index in [2.05, 4.69) is 18.7 Å². The largest absolute Gasteiger partial charge is 1.00 e. The van der Waals surface area contributed by atoms with Crippen molar-refractivity contribution in [2.24, 2.45) is 11.8 Å². The van der Waals surface area contributed by atoms with Gasteiger partial charge in [0, 0.05) is 0 Å². The van der Waals surface area contributed by atoms with Crippen LogP contribution in [0.2, 0.25) is 0 Å². The summed E-state index contributed by atoms with van der Waals surface area (Å²) in [7, 11) is 0. The van der Waals surface area contributed by atoms with Crippen molar-refractivity contribution in [3.05, 3.63) is 13.8 Å². The first-order valence-corrected chi connectivity index (χ1v) is 6.54. The smallest absolute Gasteiger partial charge is 0.346 e. The number of aldehydes is 1. The van der Waals surface area contributed by atoms with E-state index in [0.717, 1.165) is 19.5 Å². The van der Waals surface area contributed by atoms with Gasteiger partial charge < -0.3 is 18.6 Å². The third-order valence-corrected chi connectivity index (χ3v) is 3.76. The third-order valence-electron chi connectivity index (χ3n) is 3.76. The Hall–Kier alpha value is 0.630. The summed E-state index contributed by atoms with van der Waals surface area (Å²) in [5, 5.41) is 0. The summed E-state index contributed by atoms with van der Waals surface area (Å²) in [5.74, 6) is 1.18. The minimum Gasteiger partial charge on any atom is -0.346 e.